The molecule has 0 bridgehead atoms. The van der Waals surface area contributed by atoms with Gasteiger partial charge in [-0.05, 0) is 60.5 Å². The van der Waals surface area contributed by atoms with Gasteiger partial charge in [0, 0.05) is 23.4 Å². The molecule has 3 aromatic carbocycles. The van der Waals surface area contributed by atoms with Gasteiger partial charge in [0.15, 0.2) is 0 Å². The molecule has 136 valence electrons. The number of halogens is 1. The van der Waals surface area contributed by atoms with Gasteiger partial charge in [0.05, 0.1) is 0 Å². The summed E-state index contributed by atoms with van der Waals surface area (Å²) in [6.45, 7) is 0.455. The molecule has 4 nitrogen and oxygen atoms in total. The zero-order chi connectivity index (χ0) is 19.1. The minimum atomic E-state index is -0.276. The molecule has 3 rings (SSSR count). The van der Waals surface area contributed by atoms with Crippen molar-refractivity contribution in [2.75, 3.05) is 11.9 Å². The number of carbonyl (C=O) groups excluding carboxylic acids is 2. The smallest absolute Gasteiger partial charge is 0.255 e. The summed E-state index contributed by atoms with van der Waals surface area (Å²) < 4.78 is 12.9. The Balaban J connectivity index is 1.51. The topological polar surface area (TPSA) is 58.2 Å². The highest BCUT2D eigenvalue weighted by Crippen LogP contribution is 2.12. The molecule has 2 amide bonds. The SMILES string of the molecule is O=C(NCCc1ccc(F)cc1)c1ccc(NC(=O)c2ccccc2)cc1. The van der Waals surface area contributed by atoms with Gasteiger partial charge < -0.3 is 10.6 Å². The van der Waals surface area contributed by atoms with Crippen molar-refractivity contribution < 1.29 is 14.0 Å². The molecule has 0 aromatic heterocycles. The van der Waals surface area contributed by atoms with Crippen LogP contribution in [0.3, 0.4) is 0 Å². The van der Waals surface area contributed by atoms with Gasteiger partial charge in [-0.15, -0.1) is 0 Å². The van der Waals surface area contributed by atoms with E-state index in [4.69, 9.17) is 0 Å². The first-order valence-electron chi connectivity index (χ1n) is 8.61. The maximum absolute atomic E-state index is 12.9. The molecule has 0 aliphatic rings. The van der Waals surface area contributed by atoms with Crippen molar-refractivity contribution in [3.8, 4) is 0 Å². The first-order valence-corrected chi connectivity index (χ1v) is 8.61. The van der Waals surface area contributed by atoms with Gasteiger partial charge in [-0.25, -0.2) is 4.39 Å². The second kappa shape index (κ2) is 8.76. The van der Waals surface area contributed by atoms with E-state index in [1.54, 1.807) is 60.7 Å². The molecular weight excluding hydrogens is 343 g/mol. The van der Waals surface area contributed by atoms with E-state index < -0.39 is 0 Å². The highest BCUT2D eigenvalue weighted by Gasteiger charge is 2.08. The fourth-order valence-corrected chi connectivity index (χ4v) is 2.57. The average Bonchev–Trinajstić information content (AvgIpc) is 2.70. The summed E-state index contributed by atoms with van der Waals surface area (Å²) in [5, 5.41) is 5.62. The molecule has 5 heteroatoms. The molecule has 0 radical (unpaired) electrons. The third kappa shape index (κ3) is 5.25. The van der Waals surface area contributed by atoms with Crippen LogP contribution in [0.5, 0.6) is 0 Å². The molecule has 0 aliphatic carbocycles. The molecular formula is C22H19FN2O2. The number of nitrogens with one attached hydrogen (secondary N) is 2. The second-order valence-electron chi connectivity index (χ2n) is 6.03. The van der Waals surface area contributed by atoms with Crippen LogP contribution in [0.15, 0.2) is 78.9 Å². The number of rotatable bonds is 6. The molecule has 0 heterocycles. The Kier molecular flexibility index (Phi) is 5.94. The summed E-state index contributed by atoms with van der Waals surface area (Å²) >= 11 is 0. The van der Waals surface area contributed by atoms with E-state index in [0.29, 0.717) is 29.8 Å². The van der Waals surface area contributed by atoms with E-state index in [2.05, 4.69) is 10.6 Å². The monoisotopic (exact) mass is 362 g/mol. The van der Waals surface area contributed by atoms with Crippen molar-refractivity contribution in [3.05, 3.63) is 101 Å². The summed E-state index contributed by atoms with van der Waals surface area (Å²) in [4.78, 5) is 24.3. The summed E-state index contributed by atoms with van der Waals surface area (Å²) in [5.41, 5.74) is 2.65. The predicted molar refractivity (Wildman–Crippen MR) is 103 cm³/mol. The van der Waals surface area contributed by atoms with E-state index in [1.165, 1.54) is 12.1 Å². The van der Waals surface area contributed by atoms with Crippen LogP contribution in [-0.4, -0.2) is 18.4 Å². The van der Waals surface area contributed by atoms with Crippen molar-refractivity contribution in [1.82, 2.24) is 5.32 Å². The first kappa shape index (κ1) is 18.3. The Bertz CT molecular complexity index is 907. The lowest BCUT2D eigenvalue weighted by Gasteiger charge is -2.08. The quantitative estimate of drug-likeness (QED) is 0.695. The number of carbonyl (C=O) groups is 2. The summed E-state index contributed by atoms with van der Waals surface area (Å²) in [5.74, 6) is -0.674. The Morgan fingerprint density at radius 2 is 1.37 bits per heavy atom. The number of hydrogen-bond acceptors (Lipinski definition) is 2. The molecule has 0 atom stereocenters. The lowest BCUT2D eigenvalue weighted by Crippen LogP contribution is -2.25. The van der Waals surface area contributed by atoms with Crippen molar-refractivity contribution in [2.24, 2.45) is 0 Å². The Morgan fingerprint density at radius 3 is 2.04 bits per heavy atom. The molecule has 0 fully saturated rings. The first-order chi connectivity index (χ1) is 13.1. The van der Waals surface area contributed by atoms with Gasteiger partial charge in [0.25, 0.3) is 11.8 Å². The van der Waals surface area contributed by atoms with Crippen LogP contribution in [0.1, 0.15) is 26.3 Å². The van der Waals surface area contributed by atoms with Crippen LogP contribution < -0.4 is 10.6 Å². The zero-order valence-electron chi connectivity index (χ0n) is 14.6. The van der Waals surface area contributed by atoms with E-state index in [0.717, 1.165) is 5.56 Å². The van der Waals surface area contributed by atoms with Crippen LogP contribution in [0.2, 0.25) is 0 Å². The van der Waals surface area contributed by atoms with Gasteiger partial charge in [0.1, 0.15) is 5.82 Å². The number of benzene rings is 3. The Morgan fingerprint density at radius 1 is 0.741 bits per heavy atom. The van der Waals surface area contributed by atoms with Crippen LogP contribution in [0, 0.1) is 5.82 Å². The van der Waals surface area contributed by atoms with Gasteiger partial charge in [0.2, 0.25) is 0 Å². The van der Waals surface area contributed by atoms with Gasteiger partial charge in [-0.3, -0.25) is 9.59 Å². The largest absolute Gasteiger partial charge is 0.352 e. The molecule has 0 spiro atoms. The predicted octanol–water partition coefficient (Wildman–Crippen LogP) is 4.05. The van der Waals surface area contributed by atoms with Gasteiger partial charge in [-0.1, -0.05) is 30.3 Å². The van der Waals surface area contributed by atoms with Crippen molar-refractivity contribution in [3.63, 3.8) is 0 Å². The average molecular weight is 362 g/mol. The van der Waals surface area contributed by atoms with Gasteiger partial charge >= 0.3 is 0 Å². The van der Waals surface area contributed by atoms with Crippen LogP contribution in [0.25, 0.3) is 0 Å². The molecule has 0 saturated carbocycles. The second-order valence-corrected chi connectivity index (χ2v) is 6.03. The lowest BCUT2D eigenvalue weighted by molar-refractivity contribution is 0.0953. The number of amides is 2. The minimum Gasteiger partial charge on any atom is -0.352 e. The van der Waals surface area contributed by atoms with Gasteiger partial charge in [-0.2, -0.15) is 0 Å². The van der Waals surface area contributed by atoms with E-state index >= 15 is 0 Å². The normalized spacial score (nSPS) is 10.3. The molecule has 0 unspecified atom stereocenters. The summed E-state index contributed by atoms with van der Waals surface area (Å²) in [7, 11) is 0. The van der Waals surface area contributed by atoms with E-state index in [9.17, 15) is 14.0 Å². The zero-order valence-corrected chi connectivity index (χ0v) is 14.6. The van der Waals surface area contributed by atoms with E-state index in [1.807, 2.05) is 6.07 Å². The van der Waals surface area contributed by atoms with Crippen LogP contribution in [-0.2, 0) is 6.42 Å². The third-order valence-corrected chi connectivity index (χ3v) is 4.05. The molecule has 0 aliphatic heterocycles. The lowest BCUT2D eigenvalue weighted by atomic mass is 10.1. The van der Waals surface area contributed by atoms with Crippen molar-refractivity contribution in [1.29, 1.82) is 0 Å². The van der Waals surface area contributed by atoms with E-state index in [-0.39, 0.29) is 17.6 Å². The number of anilines is 1. The fraction of sp³-hybridized carbons (Fsp3) is 0.0909. The Labute approximate surface area is 157 Å². The Hall–Kier alpha value is -3.47. The minimum absolute atomic E-state index is 0.196. The van der Waals surface area contributed by atoms with Crippen molar-refractivity contribution >= 4 is 17.5 Å². The maximum atomic E-state index is 12.9. The standard InChI is InChI=1S/C22H19FN2O2/c23-19-10-6-16(7-11-19)14-15-24-21(26)18-8-12-20(13-9-18)25-22(27)17-4-2-1-3-5-17/h1-13H,14-15H2,(H,24,26)(H,25,27). The van der Waals surface area contributed by atoms with Crippen LogP contribution in [0.4, 0.5) is 10.1 Å². The third-order valence-electron chi connectivity index (χ3n) is 4.05. The fourth-order valence-electron chi connectivity index (χ4n) is 2.57. The van der Waals surface area contributed by atoms with Crippen LogP contribution >= 0.6 is 0 Å². The highest BCUT2D eigenvalue weighted by molar-refractivity contribution is 6.04. The molecule has 2 N–H and O–H groups in total. The maximum Gasteiger partial charge on any atom is 0.255 e. The molecule has 27 heavy (non-hydrogen) atoms. The number of hydrogen-bond donors (Lipinski definition) is 2. The molecule has 3 aromatic rings. The summed E-state index contributed by atoms with van der Waals surface area (Å²) in [6, 6.07) is 21.8. The molecule has 0 saturated heterocycles. The highest BCUT2D eigenvalue weighted by atomic mass is 19.1. The van der Waals surface area contributed by atoms with Crippen molar-refractivity contribution in [2.45, 2.75) is 6.42 Å². The summed E-state index contributed by atoms with van der Waals surface area (Å²) in [6.07, 6.45) is 0.622.